The predicted octanol–water partition coefficient (Wildman–Crippen LogP) is 3.57. The quantitative estimate of drug-likeness (QED) is 0.869. The predicted molar refractivity (Wildman–Crippen MR) is 87.4 cm³/mol. The first kappa shape index (κ1) is 15.5. The molecule has 3 rings (SSSR count). The Labute approximate surface area is 136 Å². The average Bonchev–Trinajstić information content (AvgIpc) is 2.99. The Bertz CT molecular complexity index is 730. The molecule has 0 unspecified atom stereocenters. The van der Waals surface area contributed by atoms with E-state index in [0.717, 1.165) is 36.4 Å². The number of carbonyl (C=O) groups is 1. The highest BCUT2D eigenvalue weighted by atomic mass is 16.5. The van der Waals surface area contributed by atoms with Crippen LogP contribution in [-0.2, 0) is 4.79 Å². The Hall–Kier alpha value is -2.43. The fourth-order valence-corrected chi connectivity index (χ4v) is 2.96. The van der Waals surface area contributed by atoms with E-state index in [1.54, 1.807) is 6.92 Å². The first-order valence-electron chi connectivity index (χ1n) is 7.91. The fourth-order valence-electron chi connectivity index (χ4n) is 2.96. The summed E-state index contributed by atoms with van der Waals surface area (Å²) < 4.78 is 5.93. The number of ether oxygens (including phenoxy) is 1. The third-order valence-electron chi connectivity index (χ3n) is 4.11. The lowest BCUT2D eigenvalue weighted by Gasteiger charge is -2.22. The third kappa shape index (κ3) is 3.33. The molecule has 0 aliphatic carbocycles. The SMILES string of the molecule is CC(=O)N1CCC[C@H]1c1nc(C)cc(Oc2ccccc2C)n1. The summed E-state index contributed by atoms with van der Waals surface area (Å²) in [5, 5.41) is 0. The molecule has 2 heterocycles. The van der Waals surface area contributed by atoms with Crippen LogP contribution in [0.15, 0.2) is 30.3 Å². The summed E-state index contributed by atoms with van der Waals surface area (Å²) in [6.07, 6.45) is 1.88. The van der Waals surface area contributed by atoms with Gasteiger partial charge in [-0.3, -0.25) is 4.79 Å². The Balaban J connectivity index is 1.90. The molecule has 120 valence electrons. The Morgan fingerprint density at radius 2 is 2.04 bits per heavy atom. The van der Waals surface area contributed by atoms with Crippen molar-refractivity contribution >= 4 is 5.91 Å². The number of aromatic nitrogens is 2. The number of benzene rings is 1. The summed E-state index contributed by atoms with van der Waals surface area (Å²) in [6.45, 7) is 6.28. The molecule has 1 fully saturated rings. The number of amides is 1. The van der Waals surface area contributed by atoms with Crippen LogP contribution < -0.4 is 4.74 Å². The van der Waals surface area contributed by atoms with Gasteiger partial charge in [0, 0.05) is 25.2 Å². The van der Waals surface area contributed by atoms with Crippen LogP contribution in [0.5, 0.6) is 11.6 Å². The van der Waals surface area contributed by atoms with E-state index < -0.39 is 0 Å². The zero-order valence-corrected chi connectivity index (χ0v) is 13.7. The van der Waals surface area contributed by atoms with Crippen molar-refractivity contribution in [1.29, 1.82) is 0 Å². The monoisotopic (exact) mass is 311 g/mol. The first-order valence-corrected chi connectivity index (χ1v) is 7.91. The van der Waals surface area contributed by atoms with Gasteiger partial charge >= 0.3 is 0 Å². The number of nitrogens with zero attached hydrogens (tertiary/aromatic N) is 3. The number of rotatable bonds is 3. The van der Waals surface area contributed by atoms with Gasteiger partial charge in [-0.25, -0.2) is 4.98 Å². The molecule has 0 saturated carbocycles. The molecule has 0 radical (unpaired) electrons. The van der Waals surface area contributed by atoms with Gasteiger partial charge in [0.05, 0.1) is 6.04 Å². The van der Waals surface area contributed by atoms with E-state index in [-0.39, 0.29) is 11.9 Å². The van der Waals surface area contributed by atoms with Crippen molar-refractivity contribution in [2.75, 3.05) is 6.54 Å². The van der Waals surface area contributed by atoms with Gasteiger partial charge in [-0.05, 0) is 38.3 Å². The molecule has 1 aliphatic rings. The standard InChI is InChI=1S/C18H21N3O2/c1-12-7-4-5-9-16(12)23-17-11-13(2)19-18(20-17)15-8-6-10-21(15)14(3)22/h4-5,7,9,11,15H,6,8,10H2,1-3H3/t15-/m0/s1. The van der Waals surface area contributed by atoms with Crippen LogP contribution in [0.4, 0.5) is 0 Å². The summed E-state index contributed by atoms with van der Waals surface area (Å²) in [6, 6.07) is 9.60. The molecule has 23 heavy (non-hydrogen) atoms. The van der Waals surface area contributed by atoms with Gasteiger partial charge in [0.2, 0.25) is 11.8 Å². The lowest BCUT2D eigenvalue weighted by Crippen LogP contribution is -2.29. The van der Waals surface area contributed by atoms with Crippen LogP contribution in [0.2, 0.25) is 0 Å². The van der Waals surface area contributed by atoms with Gasteiger partial charge in [0.15, 0.2) is 5.82 Å². The van der Waals surface area contributed by atoms with Crippen LogP contribution in [0, 0.1) is 13.8 Å². The van der Waals surface area contributed by atoms with Gasteiger partial charge in [0.25, 0.3) is 0 Å². The lowest BCUT2D eigenvalue weighted by molar-refractivity contribution is -0.129. The maximum atomic E-state index is 11.8. The molecule has 0 bridgehead atoms. The van der Waals surface area contributed by atoms with Gasteiger partial charge < -0.3 is 9.64 Å². The van der Waals surface area contributed by atoms with Crippen molar-refractivity contribution in [2.24, 2.45) is 0 Å². The van der Waals surface area contributed by atoms with Crippen molar-refractivity contribution in [3.05, 3.63) is 47.4 Å². The zero-order valence-electron chi connectivity index (χ0n) is 13.7. The highest BCUT2D eigenvalue weighted by Crippen LogP contribution is 2.32. The topological polar surface area (TPSA) is 55.3 Å². The maximum absolute atomic E-state index is 11.8. The minimum absolute atomic E-state index is 0.0494. The molecule has 1 aromatic heterocycles. The van der Waals surface area contributed by atoms with E-state index in [0.29, 0.717) is 11.7 Å². The normalized spacial score (nSPS) is 17.3. The zero-order chi connectivity index (χ0) is 16.4. The molecule has 1 amide bonds. The third-order valence-corrected chi connectivity index (χ3v) is 4.11. The maximum Gasteiger partial charge on any atom is 0.222 e. The minimum atomic E-state index is -0.0494. The highest BCUT2D eigenvalue weighted by Gasteiger charge is 2.30. The summed E-state index contributed by atoms with van der Waals surface area (Å²) in [5.41, 5.74) is 1.89. The van der Waals surface area contributed by atoms with Crippen molar-refractivity contribution in [3.8, 4) is 11.6 Å². The Morgan fingerprint density at radius 3 is 2.78 bits per heavy atom. The number of likely N-dealkylation sites (tertiary alicyclic amines) is 1. The minimum Gasteiger partial charge on any atom is -0.439 e. The van der Waals surface area contributed by atoms with Crippen molar-refractivity contribution in [2.45, 2.75) is 39.7 Å². The first-order chi connectivity index (χ1) is 11.0. The molecule has 5 nitrogen and oxygen atoms in total. The van der Waals surface area contributed by atoms with Crippen LogP contribution in [0.25, 0.3) is 0 Å². The number of carbonyl (C=O) groups excluding carboxylic acids is 1. The molecule has 0 spiro atoms. The molecule has 1 saturated heterocycles. The highest BCUT2D eigenvalue weighted by molar-refractivity contribution is 5.74. The molecule has 0 N–H and O–H groups in total. The van der Waals surface area contributed by atoms with Crippen molar-refractivity contribution in [1.82, 2.24) is 14.9 Å². The second-order valence-corrected chi connectivity index (χ2v) is 5.94. The number of para-hydroxylation sites is 1. The van der Waals surface area contributed by atoms with E-state index in [9.17, 15) is 4.79 Å². The second-order valence-electron chi connectivity index (χ2n) is 5.94. The summed E-state index contributed by atoms with van der Waals surface area (Å²) in [7, 11) is 0. The largest absolute Gasteiger partial charge is 0.439 e. The number of hydrogen-bond acceptors (Lipinski definition) is 4. The summed E-state index contributed by atoms with van der Waals surface area (Å²) in [4.78, 5) is 22.7. The molecular weight excluding hydrogens is 290 g/mol. The summed E-state index contributed by atoms with van der Waals surface area (Å²) >= 11 is 0. The second kappa shape index (κ2) is 6.36. The van der Waals surface area contributed by atoms with Crippen LogP contribution in [0.1, 0.15) is 42.9 Å². The van der Waals surface area contributed by atoms with Crippen LogP contribution in [-0.4, -0.2) is 27.3 Å². The van der Waals surface area contributed by atoms with Crippen molar-refractivity contribution in [3.63, 3.8) is 0 Å². The van der Waals surface area contributed by atoms with E-state index in [4.69, 9.17) is 4.74 Å². The number of hydrogen-bond donors (Lipinski definition) is 0. The smallest absolute Gasteiger partial charge is 0.222 e. The molecule has 5 heteroatoms. The van der Waals surface area contributed by atoms with E-state index in [1.165, 1.54) is 0 Å². The molecule has 2 aromatic rings. The van der Waals surface area contributed by atoms with E-state index in [2.05, 4.69) is 9.97 Å². The average molecular weight is 311 g/mol. The van der Waals surface area contributed by atoms with Gasteiger partial charge in [0.1, 0.15) is 5.75 Å². The lowest BCUT2D eigenvalue weighted by atomic mass is 10.2. The molecule has 1 atom stereocenters. The van der Waals surface area contributed by atoms with Crippen LogP contribution in [0.3, 0.4) is 0 Å². The summed E-state index contributed by atoms with van der Waals surface area (Å²) in [5.74, 6) is 2.05. The molecule has 1 aromatic carbocycles. The van der Waals surface area contributed by atoms with Gasteiger partial charge in [-0.15, -0.1) is 0 Å². The molecule has 1 aliphatic heterocycles. The van der Waals surface area contributed by atoms with E-state index in [1.807, 2.05) is 49.1 Å². The van der Waals surface area contributed by atoms with Crippen LogP contribution >= 0.6 is 0 Å². The fraction of sp³-hybridized carbons (Fsp3) is 0.389. The van der Waals surface area contributed by atoms with E-state index >= 15 is 0 Å². The molecular formula is C18H21N3O2. The number of aryl methyl sites for hydroxylation is 2. The van der Waals surface area contributed by atoms with Gasteiger partial charge in [-0.2, -0.15) is 4.98 Å². The Morgan fingerprint density at radius 1 is 1.26 bits per heavy atom. The van der Waals surface area contributed by atoms with Crippen molar-refractivity contribution < 1.29 is 9.53 Å². The Kier molecular flexibility index (Phi) is 4.28. The van der Waals surface area contributed by atoms with Gasteiger partial charge in [-0.1, -0.05) is 18.2 Å².